The van der Waals surface area contributed by atoms with Gasteiger partial charge in [0.1, 0.15) is 5.75 Å². The molecule has 7 nitrogen and oxygen atoms in total. The number of rotatable bonds is 7. The zero-order valence-corrected chi connectivity index (χ0v) is 19.2. The third-order valence-corrected chi connectivity index (χ3v) is 5.63. The predicted molar refractivity (Wildman–Crippen MR) is 116 cm³/mol. The van der Waals surface area contributed by atoms with Crippen molar-refractivity contribution in [1.29, 1.82) is 0 Å². The lowest BCUT2D eigenvalue weighted by molar-refractivity contribution is -0.152. The van der Waals surface area contributed by atoms with Gasteiger partial charge in [0.15, 0.2) is 5.60 Å². The molecular weight excluding hydrogens is 437 g/mol. The topological polar surface area (TPSA) is 78.8 Å². The molecule has 1 N–H and O–H groups in total. The number of carbonyl (C=O) groups is 1. The van der Waals surface area contributed by atoms with Crippen molar-refractivity contribution in [1.82, 2.24) is 19.8 Å². The zero-order chi connectivity index (χ0) is 24.4. The van der Waals surface area contributed by atoms with Gasteiger partial charge in [-0.05, 0) is 44.4 Å². The molecule has 0 aliphatic carbocycles. The van der Waals surface area contributed by atoms with E-state index in [0.717, 1.165) is 49.4 Å². The summed E-state index contributed by atoms with van der Waals surface area (Å²) < 4.78 is 43.6. The van der Waals surface area contributed by atoms with Gasteiger partial charge in [-0.3, -0.25) is 9.80 Å². The number of carboxylic acids is 1. The van der Waals surface area contributed by atoms with E-state index in [0.29, 0.717) is 17.9 Å². The van der Waals surface area contributed by atoms with Crippen molar-refractivity contribution in [2.24, 2.45) is 0 Å². The Hall–Kier alpha value is -2.72. The number of piperazine rings is 1. The van der Waals surface area contributed by atoms with Gasteiger partial charge in [0.2, 0.25) is 5.82 Å². The highest BCUT2D eigenvalue weighted by Crippen LogP contribution is 2.29. The molecule has 0 spiro atoms. The Kier molecular flexibility index (Phi) is 7.28. The average molecular weight is 467 g/mol. The number of hydrogen-bond acceptors (Lipinski definition) is 6. The zero-order valence-electron chi connectivity index (χ0n) is 19.2. The summed E-state index contributed by atoms with van der Waals surface area (Å²) in [6.45, 7) is 11.4. The molecule has 2 aromatic rings. The maximum atomic E-state index is 12.6. The second-order valence-corrected chi connectivity index (χ2v) is 8.94. The predicted octanol–water partition coefficient (Wildman–Crippen LogP) is 3.67. The lowest BCUT2D eigenvalue weighted by Crippen LogP contribution is -2.45. The number of aliphatic carboxylic acids is 1. The molecule has 180 valence electrons. The minimum Gasteiger partial charge on any atom is -0.478 e. The number of hydrogen-bond donors (Lipinski definition) is 1. The molecule has 33 heavy (non-hydrogen) atoms. The second-order valence-electron chi connectivity index (χ2n) is 8.94. The summed E-state index contributed by atoms with van der Waals surface area (Å²) in [5, 5.41) is 9.33. The lowest BCUT2D eigenvalue weighted by Gasteiger charge is -2.35. The SMILES string of the molecule is Cc1cc(CN2CCN(Cc3cnc(C(F)(F)F)nc3)CC2)cc(C)c1OC(C)(C)C(=O)O. The highest BCUT2D eigenvalue weighted by atomic mass is 19.4. The fraction of sp³-hybridized carbons (Fsp3) is 0.522. The summed E-state index contributed by atoms with van der Waals surface area (Å²) in [5.74, 6) is -1.55. The van der Waals surface area contributed by atoms with E-state index < -0.39 is 23.6 Å². The van der Waals surface area contributed by atoms with Gasteiger partial charge in [-0.15, -0.1) is 0 Å². The first kappa shape index (κ1) is 24.9. The van der Waals surface area contributed by atoms with Crippen LogP contribution in [0.15, 0.2) is 24.5 Å². The van der Waals surface area contributed by atoms with Crippen molar-refractivity contribution in [2.75, 3.05) is 26.2 Å². The van der Waals surface area contributed by atoms with E-state index >= 15 is 0 Å². The van der Waals surface area contributed by atoms with Crippen LogP contribution in [0.3, 0.4) is 0 Å². The number of aryl methyl sites for hydroxylation is 2. The van der Waals surface area contributed by atoms with E-state index in [-0.39, 0.29) is 0 Å². The second kappa shape index (κ2) is 9.64. The molecule has 10 heteroatoms. The minimum absolute atomic E-state index is 0.510. The van der Waals surface area contributed by atoms with Crippen LogP contribution in [-0.4, -0.2) is 62.6 Å². The van der Waals surface area contributed by atoms with E-state index in [9.17, 15) is 23.1 Å². The van der Waals surface area contributed by atoms with Gasteiger partial charge in [-0.25, -0.2) is 14.8 Å². The fourth-order valence-electron chi connectivity index (χ4n) is 3.80. The Morgan fingerprint density at radius 1 is 0.970 bits per heavy atom. The minimum atomic E-state index is -4.53. The molecule has 0 radical (unpaired) electrons. The van der Waals surface area contributed by atoms with Gasteiger partial charge in [-0.1, -0.05) is 12.1 Å². The Bertz CT molecular complexity index is 962. The molecule has 1 fully saturated rings. The molecule has 2 heterocycles. The van der Waals surface area contributed by atoms with Crippen molar-refractivity contribution in [3.8, 4) is 5.75 Å². The van der Waals surface area contributed by atoms with Crippen molar-refractivity contribution < 1.29 is 27.8 Å². The molecule has 0 atom stereocenters. The summed E-state index contributed by atoms with van der Waals surface area (Å²) in [7, 11) is 0. The first-order valence-corrected chi connectivity index (χ1v) is 10.7. The lowest BCUT2D eigenvalue weighted by atomic mass is 10.0. The van der Waals surface area contributed by atoms with Crippen molar-refractivity contribution in [3.05, 3.63) is 52.6 Å². The van der Waals surface area contributed by atoms with Crippen LogP contribution in [0, 0.1) is 13.8 Å². The molecule has 1 saturated heterocycles. The van der Waals surface area contributed by atoms with Gasteiger partial charge in [-0.2, -0.15) is 13.2 Å². The van der Waals surface area contributed by atoms with Crippen molar-refractivity contribution >= 4 is 5.97 Å². The number of benzene rings is 1. The number of ether oxygens (including phenoxy) is 1. The largest absolute Gasteiger partial charge is 0.478 e. The molecular formula is C23H29F3N4O3. The number of aromatic nitrogens is 2. The Labute approximate surface area is 191 Å². The molecule has 1 aliphatic heterocycles. The van der Waals surface area contributed by atoms with Crippen LogP contribution in [0.2, 0.25) is 0 Å². The normalized spacial score (nSPS) is 16.1. The molecule has 3 rings (SSSR count). The van der Waals surface area contributed by atoms with Gasteiger partial charge < -0.3 is 9.84 Å². The van der Waals surface area contributed by atoms with E-state index in [1.807, 2.05) is 26.0 Å². The van der Waals surface area contributed by atoms with Gasteiger partial charge in [0.05, 0.1) is 0 Å². The average Bonchev–Trinajstić information content (AvgIpc) is 2.72. The summed E-state index contributed by atoms with van der Waals surface area (Å²) in [4.78, 5) is 22.7. The van der Waals surface area contributed by atoms with Gasteiger partial charge >= 0.3 is 12.1 Å². The van der Waals surface area contributed by atoms with E-state index in [4.69, 9.17) is 4.74 Å². The third kappa shape index (κ3) is 6.42. The molecule has 1 aliphatic rings. The van der Waals surface area contributed by atoms with Crippen molar-refractivity contribution in [3.63, 3.8) is 0 Å². The summed E-state index contributed by atoms with van der Waals surface area (Å²) in [5.41, 5.74) is 2.24. The van der Waals surface area contributed by atoms with E-state index in [1.165, 1.54) is 26.2 Å². The van der Waals surface area contributed by atoms with Crippen LogP contribution in [0.25, 0.3) is 0 Å². The van der Waals surface area contributed by atoms with Crippen molar-refractivity contribution in [2.45, 2.75) is 52.6 Å². The van der Waals surface area contributed by atoms with Crippen LogP contribution < -0.4 is 4.74 Å². The Balaban J connectivity index is 1.55. The quantitative estimate of drug-likeness (QED) is 0.667. The van der Waals surface area contributed by atoms with Crippen LogP contribution in [0.5, 0.6) is 5.75 Å². The van der Waals surface area contributed by atoms with Crippen LogP contribution in [0.4, 0.5) is 13.2 Å². The van der Waals surface area contributed by atoms with E-state index in [1.54, 1.807) is 0 Å². The summed E-state index contributed by atoms with van der Waals surface area (Å²) >= 11 is 0. The maximum absolute atomic E-state index is 12.6. The molecule has 0 unspecified atom stereocenters. The first-order chi connectivity index (χ1) is 15.3. The van der Waals surface area contributed by atoms with Crippen LogP contribution >= 0.6 is 0 Å². The molecule has 0 amide bonds. The molecule has 0 saturated carbocycles. The summed E-state index contributed by atoms with van der Waals surface area (Å²) in [6.07, 6.45) is -2.05. The standard InChI is InChI=1S/C23H29F3N4O3/c1-15-9-17(10-16(2)19(15)33-22(3,4)21(31)32)13-29-5-7-30(8-6-29)14-18-11-27-20(28-12-18)23(24,25)26/h9-12H,5-8,13-14H2,1-4H3,(H,31,32). The molecule has 1 aromatic carbocycles. The first-order valence-electron chi connectivity index (χ1n) is 10.7. The van der Waals surface area contributed by atoms with Gasteiger partial charge in [0.25, 0.3) is 0 Å². The highest BCUT2D eigenvalue weighted by molar-refractivity contribution is 5.77. The van der Waals surface area contributed by atoms with E-state index in [2.05, 4.69) is 19.8 Å². The Morgan fingerprint density at radius 3 is 1.85 bits per heavy atom. The number of carboxylic acid groups (broad SMARTS) is 1. The molecule has 1 aromatic heterocycles. The van der Waals surface area contributed by atoms with Crippen LogP contribution in [0.1, 0.15) is 41.9 Å². The monoisotopic (exact) mass is 466 g/mol. The Morgan fingerprint density at radius 2 is 1.42 bits per heavy atom. The number of halogens is 3. The highest BCUT2D eigenvalue weighted by Gasteiger charge is 2.34. The fourth-order valence-corrected chi connectivity index (χ4v) is 3.80. The van der Waals surface area contributed by atoms with Gasteiger partial charge in [0, 0.05) is 57.2 Å². The maximum Gasteiger partial charge on any atom is 0.451 e. The molecule has 0 bridgehead atoms. The number of nitrogens with zero attached hydrogens (tertiary/aromatic N) is 4. The van der Waals surface area contributed by atoms with Crippen LogP contribution in [-0.2, 0) is 24.1 Å². The number of alkyl halides is 3. The summed E-state index contributed by atoms with van der Waals surface area (Å²) in [6, 6.07) is 4.04. The smallest absolute Gasteiger partial charge is 0.451 e. The third-order valence-electron chi connectivity index (χ3n) is 5.63.